The lowest BCUT2D eigenvalue weighted by Gasteiger charge is -2.14. The summed E-state index contributed by atoms with van der Waals surface area (Å²) in [6.45, 7) is 7.07. The molecule has 2 unspecified atom stereocenters. The fraction of sp³-hybridized carbons (Fsp3) is 0.786. The smallest absolute Gasteiger partial charge is 0.106 e. The molecule has 2 rings (SSSR count). The van der Waals surface area contributed by atoms with Crippen LogP contribution < -0.4 is 0 Å². The maximum absolute atomic E-state index is 9.90. The number of hydrogen-bond donors (Lipinski definition) is 2. The monoisotopic (exact) mass is 267 g/mol. The van der Waals surface area contributed by atoms with E-state index in [9.17, 15) is 5.11 Å². The number of rotatable bonds is 7. The first-order chi connectivity index (χ1) is 9.22. The molecule has 108 valence electrons. The van der Waals surface area contributed by atoms with E-state index in [4.69, 9.17) is 4.74 Å². The number of aliphatic hydroxyl groups is 1. The Balaban J connectivity index is 1.83. The van der Waals surface area contributed by atoms with Gasteiger partial charge in [0.2, 0.25) is 0 Å². The first-order valence-electron chi connectivity index (χ1n) is 7.27. The Morgan fingerprint density at radius 3 is 3.05 bits per heavy atom. The van der Waals surface area contributed by atoms with E-state index in [0.717, 1.165) is 31.0 Å². The highest BCUT2D eigenvalue weighted by atomic mass is 16.5. The molecule has 0 spiro atoms. The third kappa shape index (κ3) is 4.03. The predicted octanol–water partition coefficient (Wildman–Crippen LogP) is 1.33. The van der Waals surface area contributed by atoms with Crippen LogP contribution >= 0.6 is 0 Å². The van der Waals surface area contributed by atoms with Crippen LogP contribution in [0.2, 0.25) is 0 Å². The topological polar surface area (TPSA) is 61.4 Å². The van der Waals surface area contributed by atoms with Gasteiger partial charge in [-0.1, -0.05) is 13.3 Å². The number of ether oxygens (including phenoxy) is 1. The Bertz CT molecular complexity index is 381. The minimum Gasteiger partial charge on any atom is -0.389 e. The number of aliphatic hydroxyl groups excluding tert-OH is 1. The third-order valence-corrected chi connectivity index (χ3v) is 3.54. The number of nitrogens with zero attached hydrogens (tertiary/aromatic N) is 2. The largest absolute Gasteiger partial charge is 0.389 e. The molecule has 19 heavy (non-hydrogen) atoms. The summed E-state index contributed by atoms with van der Waals surface area (Å²) in [7, 11) is 0. The van der Waals surface area contributed by atoms with E-state index in [0.29, 0.717) is 13.2 Å². The molecule has 5 nitrogen and oxygen atoms in total. The second-order valence-corrected chi connectivity index (χ2v) is 5.21. The molecule has 0 bridgehead atoms. The van der Waals surface area contributed by atoms with Gasteiger partial charge in [0.15, 0.2) is 0 Å². The minimum absolute atomic E-state index is 0.0486. The molecule has 1 saturated heterocycles. The quantitative estimate of drug-likeness (QED) is 0.782. The molecule has 1 aromatic rings. The van der Waals surface area contributed by atoms with Crippen molar-refractivity contribution in [1.29, 1.82) is 0 Å². The van der Waals surface area contributed by atoms with Gasteiger partial charge in [-0.3, -0.25) is 4.90 Å². The van der Waals surface area contributed by atoms with Crippen LogP contribution in [0.5, 0.6) is 0 Å². The average molecular weight is 267 g/mol. The summed E-state index contributed by atoms with van der Waals surface area (Å²) in [4.78, 5) is 9.97. The number of aromatic amines is 1. The second-order valence-electron chi connectivity index (χ2n) is 5.21. The molecule has 0 aromatic carbocycles. The predicted molar refractivity (Wildman–Crippen MR) is 73.9 cm³/mol. The maximum atomic E-state index is 9.90. The van der Waals surface area contributed by atoms with Crippen molar-refractivity contribution in [2.24, 2.45) is 0 Å². The fourth-order valence-electron chi connectivity index (χ4n) is 2.54. The summed E-state index contributed by atoms with van der Waals surface area (Å²) < 4.78 is 5.52. The van der Waals surface area contributed by atoms with Crippen LogP contribution in [0.1, 0.15) is 38.2 Å². The first kappa shape index (κ1) is 14.5. The van der Waals surface area contributed by atoms with Crippen LogP contribution in [0.25, 0.3) is 0 Å². The van der Waals surface area contributed by atoms with Crippen molar-refractivity contribution >= 4 is 0 Å². The molecular weight excluding hydrogens is 242 g/mol. The number of aromatic nitrogens is 2. The number of likely N-dealkylation sites (tertiary alicyclic amines) is 1. The van der Waals surface area contributed by atoms with E-state index < -0.39 is 0 Å². The number of nitrogens with one attached hydrogen (secondary N) is 1. The Morgan fingerprint density at radius 1 is 1.47 bits per heavy atom. The van der Waals surface area contributed by atoms with E-state index >= 15 is 0 Å². The molecular formula is C14H25N3O2. The van der Waals surface area contributed by atoms with Crippen molar-refractivity contribution in [1.82, 2.24) is 14.9 Å². The van der Waals surface area contributed by atoms with E-state index in [1.54, 1.807) is 0 Å². The van der Waals surface area contributed by atoms with Crippen molar-refractivity contribution < 1.29 is 9.84 Å². The zero-order valence-electron chi connectivity index (χ0n) is 11.9. The summed E-state index contributed by atoms with van der Waals surface area (Å²) in [6, 6.07) is 0. The highest BCUT2D eigenvalue weighted by molar-refractivity contribution is 5.02. The van der Waals surface area contributed by atoms with Gasteiger partial charge in [0.1, 0.15) is 5.82 Å². The number of imidazole rings is 1. The molecule has 2 heterocycles. The van der Waals surface area contributed by atoms with E-state index in [1.807, 2.05) is 13.1 Å². The lowest BCUT2D eigenvalue weighted by atomic mass is 10.2. The zero-order chi connectivity index (χ0) is 13.7. The van der Waals surface area contributed by atoms with Crippen molar-refractivity contribution in [3.05, 3.63) is 17.7 Å². The minimum atomic E-state index is -0.373. The van der Waals surface area contributed by atoms with Gasteiger partial charge in [0, 0.05) is 44.6 Å². The van der Waals surface area contributed by atoms with Gasteiger partial charge in [-0.2, -0.15) is 0 Å². The lowest BCUT2D eigenvalue weighted by molar-refractivity contribution is -0.00245. The van der Waals surface area contributed by atoms with Crippen LogP contribution in [-0.2, 0) is 17.7 Å². The average Bonchev–Trinajstić information content (AvgIpc) is 2.96. The molecule has 1 fully saturated rings. The highest BCUT2D eigenvalue weighted by Crippen LogP contribution is 2.16. The SMILES string of the molecule is CCCCc1ncc(CN2CC(O)C(OCC)C2)[nH]1. The van der Waals surface area contributed by atoms with Crippen molar-refractivity contribution in [2.45, 2.75) is 51.9 Å². The Kier molecular flexibility index (Phi) is 5.36. The summed E-state index contributed by atoms with van der Waals surface area (Å²) in [5, 5.41) is 9.90. The summed E-state index contributed by atoms with van der Waals surface area (Å²) >= 11 is 0. The zero-order valence-corrected chi connectivity index (χ0v) is 11.9. The van der Waals surface area contributed by atoms with Crippen LogP contribution in [0.3, 0.4) is 0 Å². The van der Waals surface area contributed by atoms with Crippen LogP contribution in [-0.4, -0.2) is 51.9 Å². The van der Waals surface area contributed by atoms with Crippen molar-refractivity contribution in [3.63, 3.8) is 0 Å². The second kappa shape index (κ2) is 7.03. The van der Waals surface area contributed by atoms with E-state index in [-0.39, 0.29) is 12.2 Å². The normalized spacial score (nSPS) is 24.2. The third-order valence-electron chi connectivity index (χ3n) is 3.54. The number of aryl methyl sites for hydroxylation is 1. The van der Waals surface area contributed by atoms with Gasteiger partial charge in [-0.15, -0.1) is 0 Å². The van der Waals surface area contributed by atoms with Crippen LogP contribution in [0, 0.1) is 0 Å². The standard InChI is InChI=1S/C14H25N3O2/c1-3-5-6-14-15-7-11(16-14)8-17-9-12(18)13(10-17)19-4-2/h7,12-13,18H,3-6,8-10H2,1-2H3,(H,15,16). The molecule has 0 saturated carbocycles. The molecule has 5 heteroatoms. The summed E-state index contributed by atoms with van der Waals surface area (Å²) in [5.41, 5.74) is 1.12. The number of H-pyrrole nitrogens is 1. The molecule has 1 aromatic heterocycles. The fourth-order valence-corrected chi connectivity index (χ4v) is 2.54. The molecule has 1 aliphatic heterocycles. The number of β-amino-alcohol motifs (C(OH)–C–C–N with tert-alkyl or cyclic N) is 1. The van der Waals surface area contributed by atoms with Crippen molar-refractivity contribution in [3.8, 4) is 0 Å². The van der Waals surface area contributed by atoms with Gasteiger partial charge < -0.3 is 14.8 Å². The molecule has 0 aliphatic carbocycles. The Morgan fingerprint density at radius 2 is 2.32 bits per heavy atom. The maximum Gasteiger partial charge on any atom is 0.106 e. The van der Waals surface area contributed by atoms with Gasteiger partial charge in [-0.25, -0.2) is 4.98 Å². The highest BCUT2D eigenvalue weighted by Gasteiger charge is 2.31. The molecule has 2 N–H and O–H groups in total. The van der Waals surface area contributed by atoms with Gasteiger partial charge in [0.05, 0.1) is 12.2 Å². The lowest BCUT2D eigenvalue weighted by Crippen LogP contribution is -2.26. The summed E-state index contributed by atoms with van der Waals surface area (Å²) in [5.74, 6) is 1.07. The Hall–Kier alpha value is -0.910. The van der Waals surface area contributed by atoms with Gasteiger partial charge in [-0.05, 0) is 13.3 Å². The van der Waals surface area contributed by atoms with Crippen LogP contribution in [0.15, 0.2) is 6.20 Å². The first-order valence-corrected chi connectivity index (χ1v) is 7.27. The van der Waals surface area contributed by atoms with E-state index in [2.05, 4.69) is 21.8 Å². The Labute approximate surface area is 115 Å². The van der Waals surface area contributed by atoms with Gasteiger partial charge >= 0.3 is 0 Å². The van der Waals surface area contributed by atoms with Crippen molar-refractivity contribution in [2.75, 3.05) is 19.7 Å². The summed E-state index contributed by atoms with van der Waals surface area (Å²) in [6.07, 6.45) is 4.85. The number of unbranched alkanes of at least 4 members (excludes halogenated alkanes) is 1. The number of hydrogen-bond acceptors (Lipinski definition) is 4. The van der Waals surface area contributed by atoms with E-state index in [1.165, 1.54) is 12.8 Å². The molecule has 1 aliphatic rings. The van der Waals surface area contributed by atoms with Gasteiger partial charge in [0.25, 0.3) is 0 Å². The molecule has 2 atom stereocenters. The molecule has 0 radical (unpaired) electrons. The molecule has 0 amide bonds. The van der Waals surface area contributed by atoms with Crippen LogP contribution in [0.4, 0.5) is 0 Å².